The van der Waals surface area contributed by atoms with Crippen molar-refractivity contribution in [2.45, 2.75) is 13.0 Å². The highest BCUT2D eigenvalue weighted by Crippen LogP contribution is 2.20. The molecule has 82 valence electrons. The molecule has 6 heteroatoms. The minimum atomic E-state index is -0.446. The van der Waals surface area contributed by atoms with Crippen molar-refractivity contribution in [1.82, 2.24) is 9.97 Å². The minimum Gasteiger partial charge on any atom is -0.377 e. The molecule has 2 heterocycles. The van der Waals surface area contributed by atoms with E-state index in [0.717, 1.165) is 6.20 Å². The number of nitrogen functional groups attached to an aromatic ring is 1. The summed E-state index contributed by atoms with van der Waals surface area (Å²) in [5.41, 5.74) is 5.43. The second-order valence-corrected chi connectivity index (χ2v) is 3.52. The number of morpholine rings is 1. The Morgan fingerprint density at radius 2 is 2.47 bits per heavy atom. The molecule has 1 saturated heterocycles. The Kier molecular flexibility index (Phi) is 2.68. The zero-order valence-corrected chi connectivity index (χ0v) is 8.48. The van der Waals surface area contributed by atoms with E-state index in [1.54, 1.807) is 0 Å². The van der Waals surface area contributed by atoms with Crippen LogP contribution in [0.15, 0.2) is 6.20 Å². The Balaban J connectivity index is 2.30. The second-order valence-electron chi connectivity index (χ2n) is 3.52. The molecule has 1 aromatic heterocycles. The van der Waals surface area contributed by atoms with Gasteiger partial charge in [-0.1, -0.05) is 0 Å². The van der Waals surface area contributed by atoms with Gasteiger partial charge >= 0.3 is 0 Å². The van der Waals surface area contributed by atoms with Crippen LogP contribution >= 0.6 is 0 Å². The lowest BCUT2D eigenvalue weighted by Gasteiger charge is -2.34. The molecule has 0 aliphatic carbocycles. The van der Waals surface area contributed by atoms with Crippen LogP contribution in [0, 0.1) is 5.82 Å². The number of halogens is 1. The third kappa shape index (κ3) is 1.99. The lowest BCUT2D eigenvalue weighted by Crippen LogP contribution is -2.44. The van der Waals surface area contributed by atoms with E-state index >= 15 is 0 Å². The van der Waals surface area contributed by atoms with Crippen molar-refractivity contribution in [1.29, 1.82) is 0 Å². The molecule has 0 radical (unpaired) electrons. The minimum absolute atomic E-state index is 0.0880. The summed E-state index contributed by atoms with van der Waals surface area (Å²) in [6, 6.07) is 0.0996. The van der Waals surface area contributed by atoms with Crippen LogP contribution in [-0.2, 0) is 4.74 Å². The van der Waals surface area contributed by atoms with Gasteiger partial charge in [0.25, 0.3) is 0 Å². The largest absolute Gasteiger partial charge is 0.377 e. The van der Waals surface area contributed by atoms with Gasteiger partial charge in [-0.15, -0.1) is 0 Å². The van der Waals surface area contributed by atoms with Gasteiger partial charge in [-0.25, -0.2) is 9.37 Å². The first kappa shape index (κ1) is 10.1. The highest BCUT2D eigenvalue weighted by atomic mass is 19.1. The SMILES string of the molecule is CC1COCCN1c1nc(N)ncc1F. The van der Waals surface area contributed by atoms with Crippen LogP contribution in [0.3, 0.4) is 0 Å². The van der Waals surface area contributed by atoms with E-state index in [1.807, 2.05) is 11.8 Å². The van der Waals surface area contributed by atoms with Crippen LogP contribution in [0.25, 0.3) is 0 Å². The first-order valence-corrected chi connectivity index (χ1v) is 4.81. The molecule has 15 heavy (non-hydrogen) atoms. The van der Waals surface area contributed by atoms with Crippen molar-refractivity contribution in [3.63, 3.8) is 0 Å². The molecule has 1 aliphatic rings. The maximum Gasteiger partial charge on any atom is 0.222 e. The predicted molar refractivity (Wildman–Crippen MR) is 54.0 cm³/mol. The van der Waals surface area contributed by atoms with Gasteiger partial charge in [0.05, 0.1) is 25.5 Å². The van der Waals surface area contributed by atoms with E-state index in [9.17, 15) is 4.39 Å². The van der Waals surface area contributed by atoms with Crippen molar-refractivity contribution < 1.29 is 9.13 Å². The fourth-order valence-electron chi connectivity index (χ4n) is 1.61. The van der Waals surface area contributed by atoms with Gasteiger partial charge in [0.1, 0.15) is 0 Å². The van der Waals surface area contributed by atoms with E-state index < -0.39 is 5.82 Å². The third-order valence-electron chi connectivity index (χ3n) is 2.38. The average molecular weight is 212 g/mol. The lowest BCUT2D eigenvalue weighted by molar-refractivity contribution is 0.0981. The average Bonchev–Trinajstić information content (AvgIpc) is 2.23. The van der Waals surface area contributed by atoms with E-state index in [4.69, 9.17) is 10.5 Å². The van der Waals surface area contributed by atoms with Gasteiger partial charge in [-0.05, 0) is 6.92 Å². The van der Waals surface area contributed by atoms with Crippen LogP contribution in [0.4, 0.5) is 16.2 Å². The lowest BCUT2D eigenvalue weighted by atomic mass is 10.2. The molecule has 0 amide bonds. The maximum absolute atomic E-state index is 13.5. The summed E-state index contributed by atoms with van der Waals surface area (Å²) in [5, 5.41) is 0. The van der Waals surface area contributed by atoms with Crippen molar-refractivity contribution in [2.24, 2.45) is 0 Å². The van der Waals surface area contributed by atoms with E-state index in [2.05, 4.69) is 9.97 Å². The molecule has 5 nitrogen and oxygen atoms in total. The Morgan fingerprint density at radius 1 is 1.67 bits per heavy atom. The number of hydrogen-bond donors (Lipinski definition) is 1. The summed E-state index contributed by atoms with van der Waals surface area (Å²) in [6.45, 7) is 3.72. The van der Waals surface area contributed by atoms with Gasteiger partial charge in [0.2, 0.25) is 5.95 Å². The predicted octanol–water partition coefficient (Wildman–Crippen LogP) is 0.423. The van der Waals surface area contributed by atoms with Gasteiger partial charge in [-0.2, -0.15) is 4.98 Å². The van der Waals surface area contributed by atoms with Crippen LogP contribution < -0.4 is 10.6 Å². The van der Waals surface area contributed by atoms with E-state index in [-0.39, 0.29) is 17.8 Å². The summed E-state index contributed by atoms with van der Waals surface area (Å²) in [4.78, 5) is 9.35. The molecule has 0 spiro atoms. The van der Waals surface area contributed by atoms with Crippen molar-refractivity contribution in [2.75, 3.05) is 30.4 Å². The molecule has 2 rings (SSSR count). The summed E-state index contributed by atoms with van der Waals surface area (Å²) < 4.78 is 18.7. The van der Waals surface area contributed by atoms with Crippen molar-refractivity contribution in [3.05, 3.63) is 12.0 Å². The van der Waals surface area contributed by atoms with Crippen LogP contribution in [0.2, 0.25) is 0 Å². The van der Waals surface area contributed by atoms with Gasteiger partial charge < -0.3 is 15.4 Å². The molecule has 2 N–H and O–H groups in total. The topological polar surface area (TPSA) is 64.3 Å². The molecular formula is C9H13FN4O. The van der Waals surface area contributed by atoms with E-state index in [1.165, 1.54) is 0 Å². The Bertz CT molecular complexity index is 360. The van der Waals surface area contributed by atoms with E-state index in [0.29, 0.717) is 19.8 Å². The molecule has 0 aromatic carbocycles. The molecular weight excluding hydrogens is 199 g/mol. The van der Waals surface area contributed by atoms with Crippen LogP contribution in [0.1, 0.15) is 6.92 Å². The molecule has 1 unspecified atom stereocenters. The smallest absolute Gasteiger partial charge is 0.222 e. The zero-order valence-electron chi connectivity index (χ0n) is 8.48. The van der Waals surface area contributed by atoms with Crippen LogP contribution in [0.5, 0.6) is 0 Å². The number of nitrogens with two attached hydrogens (primary N) is 1. The molecule has 1 aliphatic heterocycles. The summed E-state index contributed by atoms with van der Waals surface area (Å²) in [6.07, 6.45) is 1.10. The summed E-state index contributed by atoms with van der Waals surface area (Å²) in [5.74, 6) is -0.0960. The third-order valence-corrected chi connectivity index (χ3v) is 2.38. The fourth-order valence-corrected chi connectivity index (χ4v) is 1.61. The van der Waals surface area contributed by atoms with Crippen molar-refractivity contribution >= 4 is 11.8 Å². The normalized spacial score (nSPS) is 21.7. The van der Waals surface area contributed by atoms with Gasteiger partial charge in [-0.3, -0.25) is 0 Å². The quantitative estimate of drug-likeness (QED) is 0.731. The van der Waals surface area contributed by atoms with Crippen LogP contribution in [-0.4, -0.2) is 35.8 Å². The standard InChI is InChI=1S/C9H13FN4O/c1-6-5-15-3-2-14(6)8-7(10)4-12-9(11)13-8/h4,6H,2-3,5H2,1H3,(H2,11,12,13). The molecule has 1 atom stereocenters. The zero-order chi connectivity index (χ0) is 10.8. The number of anilines is 2. The first-order chi connectivity index (χ1) is 7.18. The maximum atomic E-state index is 13.5. The Morgan fingerprint density at radius 3 is 3.20 bits per heavy atom. The first-order valence-electron chi connectivity index (χ1n) is 4.81. The second kappa shape index (κ2) is 3.98. The summed E-state index contributed by atoms with van der Waals surface area (Å²) >= 11 is 0. The number of ether oxygens (including phenoxy) is 1. The highest BCUT2D eigenvalue weighted by Gasteiger charge is 2.23. The number of aromatic nitrogens is 2. The molecule has 1 aromatic rings. The molecule has 0 bridgehead atoms. The van der Waals surface area contributed by atoms with Crippen molar-refractivity contribution in [3.8, 4) is 0 Å². The number of rotatable bonds is 1. The fraction of sp³-hybridized carbons (Fsp3) is 0.556. The number of nitrogens with zero attached hydrogens (tertiary/aromatic N) is 3. The number of hydrogen-bond acceptors (Lipinski definition) is 5. The Hall–Kier alpha value is -1.43. The molecule has 0 saturated carbocycles. The van der Waals surface area contributed by atoms with Gasteiger partial charge in [0.15, 0.2) is 11.6 Å². The summed E-state index contributed by atoms with van der Waals surface area (Å²) in [7, 11) is 0. The Labute approximate surface area is 87.1 Å². The highest BCUT2D eigenvalue weighted by molar-refractivity contribution is 5.43. The molecule has 1 fully saturated rings. The van der Waals surface area contributed by atoms with Gasteiger partial charge in [0, 0.05) is 6.54 Å². The monoisotopic (exact) mass is 212 g/mol.